The van der Waals surface area contributed by atoms with Crippen LogP contribution in [0.4, 0.5) is 14.5 Å². The molecule has 2 aliphatic rings. The molecule has 3 heterocycles. The van der Waals surface area contributed by atoms with Gasteiger partial charge in [-0.1, -0.05) is 11.6 Å². The summed E-state index contributed by atoms with van der Waals surface area (Å²) in [6.45, 7) is 3.95. The minimum atomic E-state index is -0.645. The fourth-order valence-electron chi connectivity index (χ4n) is 4.54. The third kappa shape index (κ3) is 4.26. The summed E-state index contributed by atoms with van der Waals surface area (Å²) >= 11 is 6.06. The van der Waals surface area contributed by atoms with E-state index in [1.165, 1.54) is 0 Å². The van der Waals surface area contributed by atoms with Crippen LogP contribution >= 0.6 is 11.6 Å². The number of aromatic nitrogens is 1. The van der Waals surface area contributed by atoms with Crippen LogP contribution in [0.5, 0.6) is 0 Å². The van der Waals surface area contributed by atoms with E-state index in [-0.39, 0.29) is 29.1 Å². The fourth-order valence-corrected chi connectivity index (χ4v) is 4.75. The molecule has 1 aromatic carbocycles. The summed E-state index contributed by atoms with van der Waals surface area (Å²) in [4.78, 5) is 21.6. The molecule has 0 atom stereocenters. The van der Waals surface area contributed by atoms with E-state index in [2.05, 4.69) is 4.98 Å². The van der Waals surface area contributed by atoms with Crippen LogP contribution < -0.4 is 4.90 Å². The van der Waals surface area contributed by atoms with E-state index < -0.39 is 11.6 Å². The summed E-state index contributed by atoms with van der Waals surface area (Å²) in [6, 6.07) is 2.12. The lowest BCUT2D eigenvalue weighted by Crippen LogP contribution is -2.41. The van der Waals surface area contributed by atoms with Crippen LogP contribution in [-0.2, 0) is 17.7 Å². The number of likely N-dealkylation sites (tertiary alicyclic amines) is 1. The van der Waals surface area contributed by atoms with Gasteiger partial charge in [-0.2, -0.15) is 0 Å². The molecule has 1 amide bonds. The van der Waals surface area contributed by atoms with E-state index >= 15 is 0 Å². The van der Waals surface area contributed by atoms with Crippen LogP contribution in [0.3, 0.4) is 0 Å². The first-order valence-electron chi connectivity index (χ1n) is 10.6. The van der Waals surface area contributed by atoms with Crippen molar-refractivity contribution in [1.29, 1.82) is 0 Å². The topological polar surface area (TPSA) is 45.7 Å². The molecule has 0 spiro atoms. The van der Waals surface area contributed by atoms with Gasteiger partial charge in [-0.25, -0.2) is 8.78 Å². The highest BCUT2D eigenvalue weighted by Crippen LogP contribution is 2.35. The highest BCUT2D eigenvalue weighted by atomic mass is 35.5. The van der Waals surface area contributed by atoms with Gasteiger partial charge >= 0.3 is 0 Å². The van der Waals surface area contributed by atoms with Gasteiger partial charge in [-0.05, 0) is 50.3 Å². The van der Waals surface area contributed by atoms with Crippen molar-refractivity contribution in [3.05, 3.63) is 57.4 Å². The molecule has 4 rings (SSSR count). The van der Waals surface area contributed by atoms with Gasteiger partial charge in [0, 0.05) is 45.0 Å². The predicted molar refractivity (Wildman–Crippen MR) is 116 cm³/mol. The molecule has 0 radical (unpaired) electrons. The molecule has 2 aliphatic heterocycles. The molecular formula is C23H26ClF2N3O2. The van der Waals surface area contributed by atoms with E-state index in [0.717, 1.165) is 54.8 Å². The minimum Gasteiger partial charge on any atom is -0.381 e. The average molecular weight is 450 g/mol. The van der Waals surface area contributed by atoms with Crippen molar-refractivity contribution in [1.82, 2.24) is 9.88 Å². The zero-order valence-electron chi connectivity index (χ0n) is 17.8. The number of anilines is 1. The number of carbonyl (C=O) groups is 1. The molecule has 166 valence electrons. The largest absolute Gasteiger partial charge is 0.381 e. The summed E-state index contributed by atoms with van der Waals surface area (Å²) in [5.41, 5.74) is 3.17. The number of piperidine rings is 1. The van der Waals surface area contributed by atoms with Crippen LogP contribution in [0, 0.1) is 18.6 Å². The smallest absolute Gasteiger partial charge is 0.255 e. The number of ether oxygens (including phenoxy) is 1. The summed E-state index contributed by atoms with van der Waals surface area (Å²) < 4.78 is 33.7. The first-order valence-corrected chi connectivity index (χ1v) is 11.0. The van der Waals surface area contributed by atoms with Crippen molar-refractivity contribution >= 4 is 23.2 Å². The van der Waals surface area contributed by atoms with Gasteiger partial charge in [0.05, 0.1) is 28.1 Å². The van der Waals surface area contributed by atoms with Gasteiger partial charge in [0.1, 0.15) is 11.6 Å². The predicted octanol–water partition coefficient (Wildman–Crippen LogP) is 4.53. The lowest BCUT2D eigenvalue weighted by molar-refractivity contribution is 0.0350. The van der Waals surface area contributed by atoms with Crippen LogP contribution in [0.15, 0.2) is 18.3 Å². The molecule has 0 bridgehead atoms. The van der Waals surface area contributed by atoms with Gasteiger partial charge in [0.15, 0.2) is 0 Å². The number of benzene rings is 1. The fraction of sp³-hybridized carbons (Fsp3) is 0.478. The Labute approximate surface area is 186 Å². The lowest BCUT2D eigenvalue weighted by atomic mass is 9.98. The van der Waals surface area contributed by atoms with E-state index in [9.17, 15) is 13.6 Å². The third-order valence-corrected chi connectivity index (χ3v) is 6.73. The third-order valence-electron chi connectivity index (χ3n) is 6.32. The van der Waals surface area contributed by atoms with Crippen molar-refractivity contribution in [2.75, 3.05) is 31.6 Å². The molecule has 1 aromatic heterocycles. The van der Waals surface area contributed by atoms with Gasteiger partial charge in [-0.3, -0.25) is 9.78 Å². The van der Waals surface area contributed by atoms with Crippen molar-refractivity contribution in [3.63, 3.8) is 0 Å². The molecule has 0 N–H and O–H groups in total. The maximum atomic E-state index is 14.4. The highest BCUT2D eigenvalue weighted by Gasteiger charge is 2.29. The second-order valence-electron chi connectivity index (χ2n) is 8.17. The Morgan fingerprint density at radius 1 is 1.23 bits per heavy atom. The zero-order valence-corrected chi connectivity index (χ0v) is 18.5. The number of nitrogens with zero attached hydrogens (tertiary/aromatic N) is 3. The van der Waals surface area contributed by atoms with Gasteiger partial charge in [0.2, 0.25) is 0 Å². The Morgan fingerprint density at radius 2 is 1.94 bits per heavy atom. The SMILES string of the molecule is COC1CCN(C(=O)c2cnc3c(c2C)N(Cc2c(F)ccc(F)c2Cl)CCC3)CC1. The molecule has 1 saturated heterocycles. The number of carbonyl (C=O) groups excluding carboxylic acids is 1. The Morgan fingerprint density at radius 3 is 2.65 bits per heavy atom. The van der Waals surface area contributed by atoms with E-state index in [0.29, 0.717) is 25.2 Å². The number of amides is 1. The molecular weight excluding hydrogens is 424 g/mol. The quantitative estimate of drug-likeness (QED) is 0.643. The number of hydrogen-bond donors (Lipinski definition) is 0. The molecule has 8 heteroatoms. The number of rotatable bonds is 4. The minimum absolute atomic E-state index is 0.0529. The Balaban J connectivity index is 1.64. The van der Waals surface area contributed by atoms with Gasteiger partial charge in [-0.15, -0.1) is 0 Å². The standard InChI is InChI=1S/C23H26ClF2N3O2/c1-14-16(23(30)28-10-7-15(31-2)8-11-28)12-27-20-4-3-9-29(22(14)20)13-17-18(25)5-6-19(26)21(17)24/h5-6,12,15H,3-4,7-11,13H2,1-2H3. The Kier molecular flexibility index (Phi) is 6.44. The Bertz CT molecular complexity index is 993. The first-order chi connectivity index (χ1) is 14.9. The first kappa shape index (κ1) is 22.0. The second-order valence-corrected chi connectivity index (χ2v) is 8.54. The average Bonchev–Trinajstić information content (AvgIpc) is 2.79. The highest BCUT2D eigenvalue weighted by molar-refractivity contribution is 6.31. The summed E-state index contributed by atoms with van der Waals surface area (Å²) in [7, 11) is 1.70. The van der Waals surface area contributed by atoms with Crippen LogP contribution in [0.1, 0.15) is 46.4 Å². The molecule has 0 aliphatic carbocycles. The summed E-state index contributed by atoms with van der Waals surface area (Å²) in [6.07, 6.45) is 5.07. The van der Waals surface area contributed by atoms with Gasteiger partial charge < -0.3 is 14.5 Å². The molecule has 2 aromatic rings. The summed E-state index contributed by atoms with van der Waals surface area (Å²) in [5, 5.41) is -0.203. The van der Waals surface area contributed by atoms with E-state index in [1.807, 2.05) is 16.7 Å². The number of fused-ring (bicyclic) bond motifs is 1. The number of pyridine rings is 1. The second kappa shape index (κ2) is 9.09. The number of hydrogen-bond acceptors (Lipinski definition) is 4. The van der Waals surface area contributed by atoms with Crippen LogP contribution in [0.2, 0.25) is 5.02 Å². The van der Waals surface area contributed by atoms with E-state index in [1.54, 1.807) is 13.3 Å². The zero-order chi connectivity index (χ0) is 22.1. The normalized spacial score (nSPS) is 17.1. The molecule has 1 fully saturated rings. The van der Waals surface area contributed by atoms with Crippen molar-refractivity contribution in [2.45, 2.75) is 45.3 Å². The molecule has 5 nitrogen and oxygen atoms in total. The van der Waals surface area contributed by atoms with Gasteiger partial charge in [0.25, 0.3) is 5.91 Å². The molecule has 0 saturated carbocycles. The molecule has 31 heavy (non-hydrogen) atoms. The van der Waals surface area contributed by atoms with Crippen molar-refractivity contribution in [3.8, 4) is 0 Å². The number of aryl methyl sites for hydroxylation is 1. The van der Waals surface area contributed by atoms with E-state index in [4.69, 9.17) is 16.3 Å². The number of methoxy groups -OCH3 is 1. The number of halogens is 3. The summed E-state index contributed by atoms with van der Waals surface area (Å²) in [5.74, 6) is -1.24. The van der Waals surface area contributed by atoms with Crippen LogP contribution in [0.25, 0.3) is 0 Å². The Hall–Kier alpha value is -2.25. The maximum absolute atomic E-state index is 14.4. The lowest BCUT2D eigenvalue weighted by Gasteiger charge is -2.35. The molecule has 0 unspecified atom stereocenters. The van der Waals surface area contributed by atoms with Crippen molar-refractivity contribution in [2.24, 2.45) is 0 Å². The maximum Gasteiger partial charge on any atom is 0.255 e. The van der Waals surface area contributed by atoms with Crippen LogP contribution in [-0.4, -0.2) is 48.6 Å². The monoisotopic (exact) mass is 449 g/mol. The van der Waals surface area contributed by atoms with Crippen molar-refractivity contribution < 1.29 is 18.3 Å².